The molecule has 0 spiro atoms. The molecule has 1 fully saturated rings. The van der Waals surface area contributed by atoms with Crippen molar-refractivity contribution in [1.82, 2.24) is 9.80 Å². The Balaban J connectivity index is 2.04. The summed E-state index contributed by atoms with van der Waals surface area (Å²) in [4.78, 5) is 15.5. The number of likely N-dealkylation sites (tertiary alicyclic amines) is 1. The molecule has 1 aliphatic heterocycles. The number of rotatable bonds is 5. The molecule has 2 rings (SSSR count). The number of carboxylic acids is 1. The second-order valence-corrected chi connectivity index (χ2v) is 5.56. The molecule has 5 nitrogen and oxygen atoms in total. The van der Waals surface area contributed by atoms with Crippen LogP contribution in [-0.2, 0) is 6.54 Å². The number of aryl methyl sites for hydroxylation is 1. The molecule has 1 aliphatic rings. The van der Waals surface area contributed by atoms with Crippen molar-refractivity contribution in [3.05, 3.63) is 23.2 Å². The van der Waals surface area contributed by atoms with Crippen LogP contribution < -0.4 is 0 Å². The molecule has 1 aromatic heterocycles. The molecule has 0 aromatic carbocycles. The molecule has 0 aliphatic carbocycles. The molecule has 0 amide bonds. The number of likely N-dealkylation sites (N-methyl/N-ethyl adjacent to an activating group) is 1. The van der Waals surface area contributed by atoms with Gasteiger partial charge in [0.2, 0.25) is 5.76 Å². The Kier molecular flexibility index (Phi) is 4.27. The Hall–Kier alpha value is -1.33. The SMILES string of the molecule is Cc1cc(CN2CCCC2CN(C)C)oc1C(=O)O. The number of aromatic carboxylic acids is 1. The van der Waals surface area contributed by atoms with Crippen molar-refractivity contribution in [2.24, 2.45) is 0 Å². The molecule has 2 heterocycles. The molecule has 106 valence electrons. The van der Waals surface area contributed by atoms with Crippen LogP contribution in [0.3, 0.4) is 0 Å². The van der Waals surface area contributed by atoms with E-state index < -0.39 is 5.97 Å². The summed E-state index contributed by atoms with van der Waals surface area (Å²) in [6.45, 7) is 4.57. The second-order valence-electron chi connectivity index (χ2n) is 5.56. The maximum atomic E-state index is 11.0. The molecule has 1 N–H and O–H groups in total. The summed E-state index contributed by atoms with van der Waals surface area (Å²) >= 11 is 0. The van der Waals surface area contributed by atoms with Crippen molar-refractivity contribution in [2.45, 2.75) is 32.4 Å². The van der Waals surface area contributed by atoms with Gasteiger partial charge in [0.25, 0.3) is 0 Å². The largest absolute Gasteiger partial charge is 0.475 e. The minimum Gasteiger partial charge on any atom is -0.475 e. The molecule has 0 radical (unpaired) electrons. The van der Waals surface area contributed by atoms with Gasteiger partial charge in [0, 0.05) is 18.2 Å². The second kappa shape index (κ2) is 5.75. The molecular weight excluding hydrogens is 244 g/mol. The van der Waals surface area contributed by atoms with Crippen LogP contribution in [0, 0.1) is 6.92 Å². The van der Waals surface area contributed by atoms with Crippen LogP contribution in [0.1, 0.15) is 34.7 Å². The van der Waals surface area contributed by atoms with Gasteiger partial charge < -0.3 is 14.4 Å². The Labute approximate surface area is 113 Å². The smallest absolute Gasteiger partial charge is 0.372 e. The number of hydrogen-bond donors (Lipinski definition) is 1. The van der Waals surface area contributed by atoms with E-state index >= 15 is 0 Å². The Morgan fingerprint density at radius 3 is 2.89 bits per heavy atom. The molecule has 19 heavy (non-hydrogen) atoms. The van der Waals surface area contributed by atoms with Crippen LogP contribution in [0.5, 0.6) is 0 Å². The fraction of sp³-hybridized carbons (Fsp3) is 0.643. The van der Waals surface area contributed by atoms with Crippen molar-refractivity contribution >= 4 is 5.97 Å². The molecule has 1 aromatic rings. The van der Waals surface area contributed by atoms with Crippen molar-refractivity contribution in [1.29, 1.82) is 0 Å². The van der Waals surface area contributed by atoms with Gasteiger partial charge in [-0.1, -0.05) is 0 Å². The van der Waals surface area contributed by atoms with E-state index in [1.54, 1.807) is 6.92 Å². The van der Waals surface area contributed by atoms with Gasteiger partial charge in [-0.25, -0.2) is 4.79 Å². The lowest BCUT2D eigenvalue weighted by Gasteiger charge is -2.26. The first kappa shape index (κ1) is 14.1. The van der Waals surface area contributed by atoms with E-state index in [9.17, 15) is 4.79 Å². The van der Waals surface area contributed by atoms with Crippen LogP contribution in [0.4, 0.5) is 0 Å². The van der Waals surface area contributed by atoms with Crippen molar-refractivity contribution in [3.63, 3.8) is 0 Å². The van der Waals surface area contributed by atoms with Gasteiger partial charge in [-0.2, -0.15) is 0 Å². The lowest BCUT2D eigenvalue weighted by molar-refractivity contribution is 0.0656. The highest BCUT2D eigenvalue weighted by Gasteiger charge is 2.26. The fourth-order valence-corrected chi connectivity index (χ4v) is 2.77. The van der Waals surface area contributed by atoms with Crippen LogP contribution in [-0.4, -0.2) is 54.1 Å². The Bertz CT molecular complexity index is 454. The predicted octanol–water partition coefficient (Wildman–Crippen LogP) is 1.81. The normalized spacial score (nSPS) is 20.3. The quantitative estimate of drug-likeness (QED) is 0.881. The maximum absolute atomic E-state index is 11.0. The fourth-order valence-electron chi connectivity index (χ4n) is 2.77. The average molecular weight is 266 g/mol. The van der Waals surface area contributed by atoms with Crippen LogP contribution in [0.2, 0.25) is 0 Å². The van der Waals surface area contributed by atoms with Crippen LogP contribution in [0.15, 0.2) is 10.5 Å². The number of hydrogen-bond acceptors (Lipinski definition) is 4. The van der Waals surface area contributed by atoms with Crippen molar-refractivity contribution in [2.75, 3.05) is 27.2 Å². The van der Waals surface area contributed by atoms with Crippen molar-refractivity contribution in [3.8, 4) is 0 Å². The molecule has 5 heteroatoms. The maximum Gasteiger partial charge on any atom is 0.372 e. The first-order chi connectivity index (χ1) is 8.97. The zero-order valence-corrected chi connectivity index (χ0v) is 11.8. The molecular formula is C14H22N2O3. The molecule has 0 saturated carbocycles. The van der Waals surface area contributed by atoms with E-state index in [0.29, 0.717) is 18.2 Å². The molecule has 1 unspecified atom stereocenters. The van der Waals surface area contributed by atoms with Crippen LogP contribution >= 0.6 is 0 Å². The summed E-state index contributed by atoms with van der Waals surface area (Å²) in [5.74, 6) is -0.172. The predicted molar refractivity (Wildman–Crippen MR) is 72.4 cm³/mol. The van der Waals surface area contributed by atoms with Gasteiger partial charge >= 0.3 is 5.97 Å². The van der Waals surface area contributed by atoms with Crippen molar-refractivity contribution < 1.29 is 14.3 Å². The Morgan fingerprint density at radius 1 is 1.58 bits per heavy atom. The van der Waals surface area contributed by atoms with Gasteiger partial charge in [0.05, 0.1) is 6.54 Å². The summed E-state index contributed by atoms with van der Waals surface area (Å²) in [7, 11) is 4.16. The van der Waals surface area contributed by atoms with E-state index in [4.69, 9.17) is 9.52 Å². The highest BCUT2D eigenvalue weighted by molar-refractivity contribution is 5.86. The minimum absolute atomic E-state index is 0.0679. The molecule has 0 bridgehead atoms. The monoisotopic (exact) mass is 266 g/mol. The summed E-state index contributed by atoms with van der Waals surface area (Å²) in [5.41, 5.74) is 0.700. The highest BCUT2D eigenvalue weighted by atomic mass is 16.4. The van der Waals surface area contributed by atoms with Gasteiger partial charge in [0.1, 0.15) is 5.76 Å². The third-order valence-corrected chi connectivity index (χ3v) is 3.60. The molecule has 1 atom stereocenters. The summed E-state index contributed by atoms with van der Waals surface area (Å²) in [6.07, 6.45) is 2.40. The summed E-state index contributed by atoms with van der Waals surface area (Å²) in [6, 6.07) is 2.38. The highest BCUT2D eigenvalue weighted by Crippen LogP contribution is 2.23. The number of carboxylic acid groups (broad SMARTS) is 1. The first-order valence-corrected chi connectivity index (χ1v) is 6.68. The minimum atomic E-state index is -0.991. The number of nitrogens with zero attached hydrogens (tertiary/aromatic N) is 2. The average Bonchev–Trinajstić information content (AvgIpc) is 2.86. The van der Waals surface area contributed by atoms with E-state index in [1.807, 2.05) is 6.07 Å². The lowest BCUT2D eigenvalue weighted by atomic mass is 10.2. The van der Waals surface area contributed by atoms with Gasteiger partial charge in [-0.3, -0.25) is 4.90 Å². The van der Waals surface area contributed by atoms with E-state index in [2.05, 4.69) is 23.9 Å². The Morgan fingerprint density at radius 2 is 2.32 bits per heavy atom. The zero-order valence-electron chi connectivity index (χ0n) is 11.8. The summed E-state index contributed by atoms with van der Waals surface area (Å²) < 4.78 is 5.44. The topological polar surface area (TPSA) is 56.9 Å². The van der Waals surface area contributed by atoms with Crippen LogP contribution in [0.25, 0.3) is 0 Å². The van der Waals surface area contributed by atoms with Gasteiger partial charge in [-0.15, -0.1) is 0 Å². The number of furan rings is 1. The molecule has 1 saturated heterocycles. The lowest BCUT2D eigenvalue weighted by Crippen LogP contribution is -2.36. The third kappa shape index (κ3) is 3.36. The van der Waals surface area contributed by atoms with Gasteiger partial charge in [0.15, 0.2) is 0 Å². The standard InChI is InChI=1S/C14H22N2O3/c1-10-7-12(19-13(10)14(17)18)9-16-6-4-5-11(16)8-15(2)3/h7,11H,4-6,8-9H2,1-3H3,(H,17,18). The first-order valence-electron chi connectivity index (χ1n) is 6.68. The third-order valence-electron chi connectivity index (χ3n) is 3.60. The number of carbonyl (C=O) groups is 1. The van der Waals surface area contributed by atoms with E-state index in [1.165, 1.54) is 12.8 Å². The van der Waals surface area contributed by atoms with E-state index in [-0.39, 0.29) is 5.76 Å². The zero-order chi connectivity index (χ0) is 14.0. The van der Waals surface area contributed by atoms with E-state index in [0.717, 1.165) is 18.8 Å². The van der Waals surface area contributed by atoms with Gasteiger partial charge in [-0.05, 0) is 46.5 Å². The summed E-state index contributed by atoms with van der Waals surface area (Å²) in [5, 5.41) is 9.00.